The number of carbonyl (C=O) groups excluding carboxylic acids is 1. The van der Waals surface area contributed by atoms with Gasteiger partial charge in [-0.15, -0.1) is 0 Å². The van der Waals surface area contributed by atoms with Gasteiger partial charge in [-0.3, -0.25) is 4.79 Å². The second-order valence-electron chi connectivity index (χ2n) is 3.17. The molecule has 0 aromatic heterocycles. The molecule has 0 bridgehead atoms. The van der Waals surface area contributed by atoms with E-state index in [1.54, 1.807) is 7.11 Å². The molecule has 0 spiro atoms. The van der Waals surface area contributed by atoms with Crippen molar-refractivity contribution in [2.75, 3.05) is 7.11 Å². The Morgan fingerprint density at radius 1 is 1.25 bits per heavy atom. The summed E-state index contributed by atoms with van der Waals surface area (Å²) in [5.74, 6) is 0.613. The molecule has 1 amide bonds. The van der Waals surface area contributed by atoms with Crippen molar-refractivity contribution < 1.29 is 9.53 Å². The lowest BCUT2D eigenvalue weighted by atomic mass is 10.1. The molecule has 3 nitrogen and oxygen atoms in total. The molecule has 1 rings (SSSR count). The Balaban J connectivity index is 0.00000106. The topological polar surface area (TPSA) is 52.3 Å². The zero-order valence-electron chi connectivity index (χ0n) is 10.3. The summed E-state index contributed by atoms with van der Waals surface area (Å²) in [4.78, 5) is 10.5. The monoisotopic (exact) mass is 223 g/mol. The molecule has 1 aromatic rings. The van der Waals surface area contributed by atoms with Crippen LogP contribution in [-0.4, -0.2) is 13.0 Å². The molecule has 0 saturated carbocycles. The third-order valence-corrected chi connectivity index (χ3v) is 2.05. The SMILES string of the molecule is CC.COc1ccc(CCCC(N)=O)cc1. The van der Waals surface area contributed by atoms with Crippen LogP contribution in [0, 0.1) is 0 Å². The third-order valence-electron chi connectivity index (χ3n) is 2.05. The van der Waals surface area contributed by atoms with Crippen molar-refractivity contribution in [3.63, 3.8) is 0 Å². The number of hydrogen-bond donors (Lipinski definition) is 1. The van der Waals surface area contributed by atoms with Gasteiger partial charge < -0.3 is 10.5 Å². The van der Waals surface area contributed by atoms with Crippen molar-refractivity contribution in [1.82, 2.24) is 0 Å². The van der Waals surface area contributed by atoms with Crippen LogP contribution in [0.2, 0.25) is 0 Å². The average molecular weight is 223 g/mol. The maximum absolute atomic E-state index is 10.5. The standard InChI is InChI=1S/C11H15NO2.C2H6/c1-14-10-7-5-9(6-8-10)3-2-4-11(12)13;1-2/h5-8H,2-4H2,1H3,(H2,12,13);1-2H3. The number of hydrogen-bond acceptors (Lipinski definition) is 2. The molecular formula is C13H21NO2. The minimum absolute atomic E-state index is 0.237. The van der Waals surface area contributed by atoms with Crippen LogP contribution in [-0.2, 0) is 11.2 Å². The highest BCUT2D eigenvalue weighted by Crippen LogP contribution is 2.12. The summed E-state index contributed by atoms with van der Waals surface area (Å²) in [6.07, 6.45) is 2.14. The predicted molar refractivity (Wildman–Crippen MR) is 66.5 cm³/mol. The lowest BCUT2D eigenvalue weighted by Crippen LogP contribution is -2.10. The van der Waals surface area contributed by atoms with E-state index in [9.17, 15) is 4.79 Å². The molecular weight excluding hydrogens is 202 g/mol. The van der Waals surface area contributed by atoms with Gasteiger partial charge in [0.15, 0.2) is 0 Å². The first kappa shape index (κ1) is 14.5. The van der Waals surface area contributed by atoms with E-state index in [0.29, 0.717) is 6.42 Å². The molecule has 2 N–H and O–H groups in total. The van der Waals surface area contributed by atoms with Gasteiger partial charge in [0.25, 0.3) is 0 Å². The van der Waals surface area contributed by atoms with E-state index in [-0.39, 0.29) is 5.91 Å². The Morgan fingerprint density at radius 2 is 1.81 bits per heavy atom. The maximum Gasteiger partial charge on any atom is 0.217 e. The van der Waals surface area contributed by atoms with E-state index in [1.807, 2.05) is 38.1 Å². The van der Waals surface area contributed by atoms with Gasteiger partial charge in [-0.2, -0.15) is 0 Å². The van der Waals surface area contributed by atoms with Crippen molar-refractivity contribution in [3.05, 3.63) is 29.8 Å². The molecule has 16 heavy (non-hydrogen) atoms. The van der Waals surface area contributed by atoms with Gasteiger partial charge >= 0.3 is 0 Å². The minimum atomic E-state index is -0.237. The van der Waals surface area contributed by atoms with Crippen molar-refractivity contribution in [2.45, 2.75) is 33.1 Å². The minimum Gasteiger partial charge on any atom is -0.497 e. The van der Waals surface area contributed by atoms with Gasteiger partial charge in [-0.05, 0) is 30.5 Å². The van der Waals surface area contributed by atoms with Gasteiger partial charge in [-0.25, -0.2) is 0 Å². The molecule has 0 fully saturated rings. The van der Waals surface area contributed by atoms with Gasteiger partial charge in [0, 0.05) is 6.42 Å². The summed E-state index contributed by atoms with van der Waals surface area (Å²) < 4.78 is 5.04. The molecule has 0 aliphatic heterocycles. The van der Waals surface area contributed by atoms with Crippen LogP contribution >= 0.6 is 0 Å². The Kier molecular flexibility index (Phi) is 7.94. The van der Waals surface area contributed by atoms with E-state index in [2.05, 4.69) is 0 Å². The summed E-state index contributed by atoms with van der Waals surface area (Å²) in [6, 6.07) is 7.83. The highest BCUT2D eigenvalue weighted by atomic mass is 16.5. The summed E-state index contributed by atoms with van der Waals surface area (Å²) in [5, 5.41) is 0. The molecule has 0 unspecified atom stereocenters. The predicted octanol–water partition coefficient (Wildman–Crippen LogP) is 2.53. The van der Waals surface area contributed by atoms with Crippen molar-refractivity contribution in [2.24, 2.45) is 5.73 Å². The lowest BCUT2D eigenvalue weighted by Gasteiger charge is -2.02. The molecule has 0 radical (unpaired) electrons. The van der Waals surface area contributed by atoms with Gasteiger partial charge in [-0.1, -0.05) is 26.0 Å². The molecule has 3 heteroatoms. The highest BCUT2D eigenvalue weighted by molar-refractivity contribution is 5.73. The summed E-state index contributed by atoms with van der Waals surface area (Å²) in [7, 11) is 1.64. The normalized spacial score (nSPS) is 8.94. The van der Waals surface area contributed by atoms with Crippen LogP contribution < -0.4 is 10.5 Å². The zero-order valence-corrected chi connectivity index (χ0v) is 10.3. The Hall–Kier alpha value is -1.51. The second kappa shape index (κ2) is 8.77. The number of aryl methyl sites for hydroxylation is 1. The number of primary amides is 1. The van der Waals surface area contributed by atoms with E-state index in [4.69, 9.17) is 10.5 Å². The zero-order chi connectivity index (χ0) is 12.4. The van der Waals surface area contributed by atoms with E-state index in [1.165, 1.54) is 5.56 Å². The number of methoxy groups -OCH3 is 1. The molecule has 90 valence electrons. The highest BCUT2D eigenvalue weighted by Gasteiger charge is 1.97. The van der Waals surface area contributed by atoms with Gasteiger partial charge in [0.2, 0.25) is 5.91 Å². The van der Waals surface area contributed by atoms with Gasteiger partial charge in [0.05, 0.1) is 7.11 Å². The fourth-order valence-electron chi connectivity index (χ4n) is 1.26. The first-order valence-electron chi connectivity index (χ1n) is 5.63. The van der Waals surface area contributed by atoms with Crippen molar-refractivity contribution in [1.29, 1.82) is 0 Å². The number of rotatable bonds is 5. The van der Waals surface area contributed by atoms with Crippen LogP contribution in [0.1, 0.15) is 32.3 Å². The molecule has 0 aliphatic rings. The summed E-state index contributed by atoms with van der Waals surface area (Å²) >= 11 is 0. The average Bonchev–Trinajstić information content (AvgIpc) is 2.32. The van der Waals surface area contributed by atoms with Gasteiger partial charge in [0.1, 0.15) is 5.75 Å². The molecule has 0 heterocycles. The van der Waals surface area contributed by atoms with Crippen LogP contribution in [0.25, 0.3) is 0 Å². The van der Waals surface area contributed by atoms with Crippen LogP contribution in [0.3, 0.4) is 0 Å². The number of ether oxygens (including phenoxy) is 1. The van der Waals surface area contributed by atoms with Crippen molar-refractivity contribution >= 4 is 5.91 Å². The number of amides is 1. The van der Waals surface area contributed by atoms with Crippen LogP contribution in [0.5, 0.6) is 5.75 Å². The first-order chi connectivity index (χ1) is 7.72. The number of nitrogens with two attached hydrogens (primary N) is 1. The van der Waals surface area contributed by atoms with E-state index < -0.39 is 0 Å². The number of carbonyl (C=O) groups is 1. The smallest absolute Gasteiger partial charge is 0.217 e. The van der Waals surface area contributed by atoms with E-state index >= 15 is 0 Å². The van der Waals surface area contributed by atoms with Crippen molar-refractivity contribution in [3.8, 4) is 5.75 Å². The largest absolute Gasteiger partial charge is 0.497 e. The lowest BCUT2D eigenvalue weighted by molar-refractivity contribution is -0.118. The molecule has 0 atom stereocenters. The Bertz CT molecular complexity index is 293. The molecule has 1 aromatic carbocycles. The number of benzene rings is 1. The summed E-state index contributed by atoms with van der Waals surface area (Å²) in [5.41, 5.74) is 6.24. The third kappa shape index (κ3) is 6.06. The first-order valence-corrected chi connectivity index (χ1v) is 5.63. The van der Waals surface area contributed by atoms with Crippen LogP contribution in [0.15, 0.2) is 24.3 Å². The van der Waals surface area contributed by atoms with E-state index in [0.717, 1.165) is 18.6 Å². The quantitative estimate of drug-likeness (QED) is 0.834. The molecule has 0 saturated heterocycles. The summed E-state index contributed by atoms with van der Waals surface area (Å²) in [6.45, 7) is 4.00. The van der Waals surface area contributed by atoms with Crippen LogP contribution in [0.4, 0.5) is 0 Å². The Labute approximate surface area is 97.6 Å². The second-order valence-corrected chi connectivity index (χ2v) is 3.17. The maximum atomic E-state index is 10.5. The fraction of sp³-hybridized carbons (Fsp3) is 0.462. The fourth-order valence-corrected chi connectivity index (χ4v) is 1.26. The Morgan fingerprint density at radius 3 is 2.25 bits per heavy atom. The molecule has 0 aliphatic carbocycles.